The van der Waals surface area contributed by atoms with E-state index in [-0.39, 0.29) is 0 Å². The van der Waals surface area contributed by atoms with Gasteiger partial charge in [-0.2, -0.15) is 0 Å². The molecule has 1 aliphatic rings. The maximum absolute atomic E-state index is 14.5. The van der Waals surface area contributed by atoms with E-state index in [0.717, 1.165) is 17.9 Å². The minimum Gasteiger partial charge on any atom is -0.203 e. The molecule has 2 aromatic rings. The molecule has 0 radical (unpaired) electrons. The number of halogens is 2. The van der Waals surface area contributed by atoms with Gasteiger partial charge in [-0.1, -0.05) is 73.9 Å². The Morgan fingerprint density at radius 2 is 1.62 bits per heavy atom. The highest BCUT2D eigenvalue weighted by Crippen LogP contribution is 2.30. The smallest absolute Gasteiger partial charge is 0.166 e. The van der Waals surface area contributed by atoms with Gasteiger partial charge in [-0.15, -0.1) is 0 Å². The van der Waals surface area contributed by atoms with E-state index in [1.807, 2.05) is 31.2 Å². The Hall–Kier alpha value is -1.96. The zero-order valence-corrected chi connectivity index (χ0v) is 15.8. The molecule has 0 aliphatic heterocycles. The lowest BCUT2D eigenvalue weighted by Crippen LogP contribution is -2.09. The molecule has 1 fully saturated rings. The maximum atomic E-state index is 14.5. The Labute approximate surface area is 156 Å². The highest BCUT2D eigenvalue weighted by molar-refractivity contribution is 5.65. The lowest BCUT2D eigenvalue weighted by molar-refractivity contribution is 0.330. The Balaban J connectivity index is 1.62. The lowest BCUT2D eigenvalue weighted by Gasteiger charge is -2.23. The highest BCUT2D eigenvalue weighted by Gasteiger charge is 2.16. The van der Waals surface area contributed by atoms with E-state index in [1.165, 1.54) is 25.7 Å². The van der Waals surface area contributed by atoms with Gasteiger partial charge in [0.1, 0.15) is 0 Å². The fraction of sp³-hybridized carbons (Fsp3) is 0.417. The Bertz CT molecular complexity index is 751. The lowest BCUT2D eigenvalue weighted by atomic mass is 9.83. The molecule has 0 N–H and O–H groups in total. The molecule has 0 amide bonds. The molecular formula is C24H28F2. The van der Waals surface area contributed by atoms with Crippen LogP contribution in [0.15, 0.2) is 48.6 Å². The van der Waals surface area contributed by atoms with Crippen LogP contribution in [0, 0.1) is 30.4 Å². The second-order valence-corrected chi connectivity index (χ2v) is 7.75. The fourth-order valence-electron chi connectivity index (χ4n) is 3.74. The van der Waals surface area contributed by atoms with Crippen molar-refractivity contribution >= 4 is 0 Å². The zero-order chi connectivity index (χ0) is 18.5. The molecule has 0 bridgehead atoms. The van der Waals surface area contributed by atoms with Gasteiger partial charge in [-0.25, -0.2) is 8.78 Å². The molecule has 2 heteroatoms. The Morgan fingerprint density at radius 3 is 2.31 bits per heavy atom. The monoisotopic (exact) mass is 354 g/mol. The van der Waals surface area contributed by atoms with Crippen LogP contribution in [0.4, 0.5) is 8.78 Å². The first-order chi connectivity index (χ1) is 12.5. The standard InChI is InChI=1S/C24H28F2/c1-17-7-11-19(12-8-17)5-3-4-6-21-15-16-22(24(26)23(21)25)20-13-9-18(2)10-14-20/h3,5,9-10,13-17,19H,4,6-8,11-12H2,1-2H3/b5-3+. The van der Waals surface area contributed by atoms with Crippen molar-refractivity contribution in [3.8, 4) is 11.1 Å². The minimum atomic E-state index is -0.739. The van der Waals surface area contributed by atoms with E-state index < -0.39 is 11.6 Å². The van der Waals surface area contributed by atoms with Crippen LogP contribution < -0.4 is 0 Å². The molecule has 0 saturated heterocycles. The van der Waals surface area contributed by atoms with Crippen LogP contribution in [0.2, 0.25) is 0 Å². The van der Waals surface area contributed by atoms with Gasteiger partial charge in [0.15, 0.2) is 11.6 Å². The number of hydrogen-bond donors (Lipinski definition) is 0. The summed E-state index contributed by atoms with van der Waals surface area (Å²) in [5, 5.41) is 0. The second-order valence-electron chi connectivity index (χ2n) is 7.75. The average molecular weight is 354 g/mol. The summed E-state index contributed by atoms with van der Waals surface area (Å²) in [6.07, 6.45) is 10.8. The third-order valence-corrected chi connectivity index (χ3v) is 5.57. The molecule has 0 nitrogen and oxygen atoms in total. The van der Waals surface area contributed by atoms with Gasteiger partial charge >= 0.3 is 0 Å². The van der Waals surface area contributed by atoms with E-state index in [2.05, 4.69) is 19.1 Å². The summed E-state index contributed by atoms with van der Waals surface area (Å²) in [7, 11) is 0. The molecule has 3 rings (SSSR count). The quantitative estimate of drug-likeness (QED) is 0.496. The number of hydrogen-bond acceptors (Lipinski definition) is 0. The molecule has 0 heterocycles. The van der Waals surface area contributed by atoms with Crippen LogP contribution in [0.1, 0.15) is 50.2 Å². The SMILES string of the molecule is Cc1ccc(-c2ccc(CC/C=C/C3CCC(C)CC3)c(F)c2F)cc1. The minimum absolute atomic E-state index is 0.332. The largest absolute Gasteiger partial charge is 0.203 e. The first-order valence-electron chi connectivity index (χ1n) is 9.75. The first kappa shape index (κ1) is 18.8. The van der Waals surface area contributed by atoms with Crippen LogP contribution in [-0.4, -0.2) is 0 Å². The van der Waals surface area contributed by atoms with E-state index in [9.17, 15) is 8.78 Å². The van der Waals surface area contributed by atoms with Crippen molar-refractivity contribution in [3.05, 3.63) is 71.3 Å². The average Bonchev–Trinajstić information content (AvgIpc) is 2.64. The van der Waals surface area contributed by atoms with Gasteiger partial charge in [0.05, 0.1) is 0 Å². The summed E-state index contributed by atoms with van der Waals surface area (Å²) in [5.74, 6) is 0.0695. The van der Waals surface area contributed by atoms with E-state index in [4.69, 9.17) is 0 Å². The second kappa shape index (κ2) is 8.62. The van der Waals surface area contributed by atoms with Crippen molar-refractivity contribution in [2.45, 2.75) is 52.4 Å². The van der Waals surface area contributed by atoms with Crippen molar-refractivity contribution in [1.29, 1.82) is 0 Å². The first-order valence-corrected chi connectivity index (χ1v) is 9.75. The van der Waals surface area contributed by atoms with E-state index in [1.54, 1.807) is 12.1 Å². The van der Waals surface area contributed by atoms with Gasteiger partial charge in [0.25, 0.3) is 0 Å². The maximum Gasteiger partial charge on any atom is 0.166 e. The van der Waals surface area contributed by atoms with Crippen LogP contribution in [0.25, 0.3) is 11.1 Å². The molecule has 26 heavy (non-hydrogen) atoms. The normalized spacial score (nSPS) is 20.6. The summed E-state index contributed by atoms with van der Waals surface area (Å²) >= 11 is 0. The summed E-state index contributed by atoms with van der Waals surface area (Å²) in [6.45, 7) is 4.29. The van der Waals surface area contributed by atoms with Crippen molar-refractivity contribution < 1.29 is 8.78 Å². The molecule has 0 spiro atoms. The van der Waals surface area contributed by atoms with Crippen LogP contribution in [0.3, 0.4) is 0 Å². The third-order valence-electron chi connectivity index (χ3n) is 5.57. The molecule has 0 unspecified atom stereocenters. The predicted molar refractivity (Wildman–Crippen MR) is 105 cm³/mol. The molecule has 0 aromatic heterocycles. The van der Waals surface area contributed by atoms with Crippen molar-refractivity contribution in [3.63, 3.8) is 0 Å². The Morgan fingerprint density at radius 1 is 0.923 bits per heavy atom. The highest BCUT2D eigenvalue weighted by atomic mass is 19.2. The van der Waals surface area contributed by atoms with Gasteiger partial charge in [-0.05, 0) is 55.6 Å². The number of allylic oxidation sites excluding steroid dienone is 2. The number of aryl methyl sites for hydroxylation is 2. The topological polar surface area (TPSA) is 0 Å². The summed E-state index contributed by atoms with van der Waals surface area (Å²) in [5.41, 5.74) is 2.61. The fourth-order valence-corrected chi connectivity index (χ4v) is 3.74. The van der Waals surface area contributed by atoms with Crippen LogP contribution in [-0.2, 0) is 6.42 Å². The molecule has 0 atom stereocenters. The third kappa shape index (κ3) is 4.60. The van der Waals surface area contributed by atoms with Crippen LogP contribution >= 0.6 is 0 Å². The van der Waals surface area contributed by atoms with E-state index >= 15 is 0 Å². The van der Waals surface area contributed by atoms with Crippen LogP contribution in [0.5, 0.6) is 0 Å². The summed E-state index contributed by atoms with van der Waals surface area (Å²) in [6, 6.07) is 10.9. The predicted octanol–water partition coefficient (Wildman–Crippen LogP) is 7.26. The number of rotatable bonds is 5. The Kier molecular flexibility index (Phi) is 6.24. The van der Waals surface area contributed by atoms with Gasteiger partial charge < -0.3 is 0 Å². The molecule has 1 saturated carbocycles. The van der Waals surface area contributed by atoms with Gasteiger partial charge in [0.2, 0.25) is 0 Å². The molecular weight excluding hydrogens is 326 g/mol. The van der Waals surface area contributed by atoms with Gasteiger partial charge in [-0.3, -0.25) is 0 Å². The number of benzene rings is 2. The van der Waals surface area contributed by atoms with Crippen molar-refractivity contribution in [2.75, 3.05) is 0 Å². The molecule has 138 valence electrons. The van der Waals surface area contributed by atoms with Gasteiger partial charge in [0, 0.05) is 5.56 Å². The zero-order valence-electron chi connectivity index (χ0n) is 15.8. The molecule has 2 aromatic carbocycles. The summed E-state index contributed by atoms with van der Waals surface area (Å²) < 4.78 is 28.9. The summed E-state index contributed by atoms with van der Waals surface area (Å²) in [4.78, 5) is 0. The van der Waals surface area contributed by atoms with Crippen molar-refractivity contribution in [1.82, 2.24) is 0 Å². The van der Waals surface area contributed by atoms with E-state index in [0.29, 0.717) is 29.0 Å². The van der Waals surface area contributed by atoms with Crippen molar-refractivity contribution in [2.24, 2.45) is 11.8 Å². The molecule has 1 aliphatic carbocycles.